The zero-order chi connectivity index (χ0) is 18.0. The largest absolute Gasteiger partial charge is 0.466 e. The van der Waals surface area contributed by atoms with Crippen LogP contribution in [0.1, 0.15) is 104 Å². The average molecular weight is 343 g/mol. The molecular formula is C20H38O4. The lowest BCUT2D eigenvalue weighted by atomic mass is 10.1. The predicted molar refractivity (Wildman–Crippen MR) is 97.9 cm³/mol. The standard InChI is InChI=1S/C20H38O4/c1-4-6-8-10-12-14-16-23-20(22)17-18(3)24-19(21)15-13-11-9-7-5-2/h18H,4-17H2,1-3H3/t18-/m1/s1. The van der Waals surface area contributed by atoms with Gasteiger partial charge in [0.2, 0.25) is 0 Å². The number of hydrogen-bond donors (Lipinski definition) is 0. The molecule has 4 heteroatoms. The van der Waals surface area contributed by atoms with E-state index in [2.05, 4.69) is 13.8 Å². The van der Waals surface area contributed by atoms with Gasteiger partial charge in [-0.2, -0.15) is 0 Å². The Morgan fingerprint density at radius 3 is 1.92 bits per heavy atom. The van der Waals surface area contributed by atoms with Crippen LogP contribution in [0.5, 0.6) is 0 Å². The lowest BCUT2D eigenvalue weighted by molar-refractivity contribution is -0.154. The quantitative estimate of drug-likeness (QED) is 0.272. The molecule has 0 N–H and O–H groups in total. The second-order valence-electron chi connectivity index (χ2n) is 6.66. The van der Waals surface area contributed by atoms with Crippen LogP contribution >= 0.6 is 0 Å². The van der Waals surface area contributed by atoms with Gasteiger partial charge in [0.1, 0.15) is 6.10 Å². The Bertz CT molecular complexity index is 315. The molecule has 0 aromatic rings. The summed E-state index contributed by atoms with van der Waals surface area (Å²) in [6.07, 6.45) is 12.7. The van der Waals surface area contributed by atoms with Gasteiger partial charge in [0, 0.05) is 6.42 Å². The van der Waals surface area contributed by atoms with E-state index in [1.54, 1.807) is 6.92 Å². The Morgan fingerprint density at radius 2 is 1.29 bits per heavy atom. The molecule has 4 nitrogen and oxygen atoms in total. The summed E-state index contributed by atoms with van der Waals surface area (Å²) in [5, 5.41) is 0. The van der Waals surface area contributed by atoms with Crippen LogP contribution in [0, 0.1) is 0 Å². The van der Waals surface area contributed by atoms with Crippen molar-refractivity contribution in [3.05, 3.63) is 0 Å². The van der Waals surface area contributed by atoms with Crippen LogP contribution in [0.2, 0.25) is 0 Å². The highest BCUT2D eigenvalue weighted by atomic mass is 16.6. The first-order valence-electron chi connectivity index (χ1n) is 9.95. The number of carbonyl (C=O) groups excluding carboxylic acids is 2. The van der Waals surface area contributed by atoms with Crippen molar-refractivity contribution in [2.75, 3.05) is 6.61 Å². The second-order valence-corrected chi connectivity index (χ2v) is 6.66. The van der Waals surface area contributed by atoms with Crippen LogP contribution in [0.4, 0.5) is 0 Å². The lowest BCUT2D eigenvalue weighted by Gasteiger charge is -2.13. The van der Waals surface area contributed by atoms with Crippen molar-refractivity contribution >= 4 is 11.9 Å². The molecule has 0 aromatic carbocycles. The van der Waals surface area contributed by atoms with Gasteiger partial charge in [0.25, 0.3) is 0 Å². The highest BCUT2D eigenvalue weighted by Crippen LogP contribution is 2.09. The fraction of sp³-hybridized carbons (Fsp3) is 0.900. The minimum atomic E-state index is -0.398. The summed E-state index contributed by atoms with van der Waals surface area (Å²) >= 11 is 0. The maximum absolute atomic E-state index is 11.7. The Labute approximate surface area is 148 Å². The van der Waals surface area contributed by atoms with E-state index in [0.29, 0.717) is 13.0 Å². The minimum absolute atomic E-state index is 0.150. The molecule has 0 unspecified atom stereocenters. The highest BCUT2D eigenvalue weighted by Gasteiger charge is 2.14. The van der Waals surface area contributed by atoms with Gasteiger partial charge in [-0.25, -0.2) is 0 Å². The molecule has 0 bridgehead atoms. The van der Waals surface area contributed by atoms with Crippen molar-refractivity contribution in [2.45, 2.75) is 110 Å². The van der Waals surface area contributed by atoms with Crippen LogP contribution in [0.15, 0.2) is 0 Å². The molecule has 1 atom stereocenters. The molecule has 0 saturated heterocycles. The van der Waals surface area contributed by atoms with Gasteiger partial charge in [0.05, 0.1) is 13.0 Å². The molecule has 24 heavy (non-hydrogen) atoms. The van der Waals surface area contributed by atoms with Crippen LogP contribution in [0.3, 0.4) is 0 Å². The molecule has 0 aromatic heterocycles. The number of esters is 2. The SMILES string of the molecule is CCCCCCCCOC(=O)C[C@@H](C)OC(=O)CCCCCCC. The molecule has 142 valence electrons. The Hall–Kier alpha value is -1.06. The van der Waals surface area contributed by atoms with Gasteiger partial charge in [0.15, 0.2) is 0 Å². The first-order chi connectivity index (χ1) is 11.6. The third-order valence-electron chi connectivity index (χ3n) is 4.03. The Kier molecular flexibility index (Phi) is 16.0. The minimum Gasteiger partial charge on any atom is -0.466 e. The Morgan fingerprint density at radius 1 is 0.750 bits per heavy atom. The summed E-state index contributed by atoms with van der Waals surface area (Å²) in [6.45, 7) is 6.59. The number of carbonyl (C=O) groups is 2. The van der Waals surface area contributed by atoms with Crippen LogP contribution in [-0.4, -0.2) is 24.6 Å². The number of hydrogen-bond acceptors (Lipinski definition) is 4. The van der Waals surface area contributed by atoms with Crippen LogP contribution < -0.4 is 0 Å². The fourth-order valence-electron chi connectivity index (χ4n) is 2.56. The fourth-order valence-corrected chi connectivity index (χ4v) is 2.56. The first kappa shape index (κ1) is 22.9. The topological polar surface area (TPSA) is 52.6 Å². The van der Waals surface area contributed by atoms with E-state index in [-0.39, 0.29) is 18.4 Å². The first-order valence-corrected chi connectivity index (χ1v) is 9.95. The normalized spacial score (nSPS) is 12.0. The molecule has 0 aliphatic heterocycles. The smallest absolute Gasteiger partial charge is 0.309 e. The van der Waals surface area contributed by atoms with Crippen molar-refractivity contribution in [1.82, 2.24) is 0 Å². The molecule has 0 radical (unpaired) electrons. The molecule has 0 spiro atoms. The van der Waals surface area contributed by atoms with Gasteiger partial charge >= 0.3 is 11.9 Å². The van der Waals surface area contributed by atoms with Gasteiger partial charge < -0.3 is 9.47 Å². The van der Waals surface area contributed by atoms with Crippen LogP contribution in [0.25, 0.3) is 0 Å². The maximum Gasteiger partial charge on any atom is 0.309 e. The molecular weight excluding hydrogens is 304 g/mol. The van der Waals surface area contributed by atoms with E-state index in [9.17, 15) is 9.59 Å². The van der Waals surface area contributed by atoms with Gasteiger partial charge in [-0.3, -0.25) is 9.59 Å². The highest BCUT2D eigenvalue weighted by molar-refractivity contribution is 5.72. The summed E-state index contributed by atoms with van der Waals surface area (Å²) < 4.78 is 10.5. The summed E-state index contributed by atoms with van der Waals surface area (Å²) in [4.78, 5) is 23.4. The zero-order valence-electron chi connectivity index (χ0n) is 16.1. The zero-order valence-corrected chi connectivity index (χ0v) is 16.1. The third-order valence-corrected chi connectivity index (χ3v) is 4.03. The summed E-state index contributed by atoms with van der Waals surface area (Å²) in [6, 6.07) is 0. The molecule has 0 fully saturated rings. The van der Waals surface area contributed by atoms with Crippen molar-refractivity contribution in [3.63, 3.8) is 0 Å². The average Bonchev–Trinajstić information content (AvgIpc) is 2.53. The van der Waals surface area contributed by atoms with Crippen molar-refractivity contribution < 1.29 is 19.1 Å². The summed E-state index contributed by atoms with van der Waals surface area (Å²) in [5.41, 5.74) is 0. The molecule has 0 aliphatic carbocycles. The lowest BCUT2D eigenvalue weighted by Crippen LogP contribution is -2.20. The van der Waals surface area contributed by atoms with E-state index in [1.165, 1.54) is 44.9 Å². The van der Waals surface area contributed by atoms with E-state index < -0.39 is 6.10 Å². The van der Waals surface area contributed by atoms with E-state index in [1.807, 2.05) is 0 Å². The molecule has 0 heterocycles. The van der Waals surface area contributed by atoms with E-state index in [0.717, 1.165) is 25.7 Å². The van der Waals surface area contributed by atoms with Crippen LogP contribution in [-0.2, 0) is 19.1 Å². The van der Waals surface area contributed by atoms with Crippen molar-refractivity contribution in [2.24, 2.45) is 0 Å². The molecule has 0 amide bonds. The Balaban J connectivity index is 3.55. The predicted octanol–water partition coefficient (Wildman–Crippen LogP) is 5.57. The van der Waals surface area contributed by atoms with Crippen molar-refractivity contribution in [3.8, 4) is 0 Å². The maximum atomic E-state index is 11.7. The monoisotopic (exact) mass is 342 g/mol. The van der Waals surface area contributed by atoms with E-state index in [4.69, 9.17) is 9.47 Å². The molecule has 0 aliphatic rings. The van der Waals surface area contributed by atoms with Gasteiger partial charge in [-0.05, 0) is 19.8 Å². The van der Waals surface area contributed by atoms with E-state index >= 15 is 0 Å². The van der Waals surface area contributed by atoms with Gasteiger partial charge in [-0.15, -0.1) is 0 Å². The van der Waals surface area contributed by atoms with Gasteiger partial charge in [-0.1, -0.05) is 71.6 Å². The second kappa shape index (κ2) is 16.8. The summed E-state index contributed by atoms with van der Waals surface area (Å²) in [7, 11) is 0. The molecule has 0 rings (SSSR count). The summed E-state index contributed by atoms with van der Waals surface area (Å²) in [5.74, 6) is -0.477. The number of ether oxygens (including phenoxy) is 2. The molecule has 0 saturated carbocycles. The number of unbranched alkanes of at least 4 members (excludes halogenated alkanes) is 9. The third kappa shape index (κ3) is 15.8. The number of rotatable bonds is 16. The van der Waals surface area contributed by atoms with Crippen molar-refractivity contribution in [1.29, 1.82) is 0 Å².